The summed E-state index contributed by atoms with van der Waals surface area (Å²) in [6.07, 6.45) is -0.778. The molecule has 0 aliphatic heterocycles. The highest BCUT2D eigenvalue weighted by Gasteiger charge is 2.31. The SMILES string of the molecule is CC(=O)OC(C)C(OCc1ccccc1)C(CCC=C(NC(=O)OC(C)(C)C)C(=O)O)OCc1ccccc1. The summed E-state index contributed by atoms with van der Waals surface area (Å²) in [7, 11) is 0. The number of carbonyl (C=O) groups excluding carboxylic acids is 2. The van der Waals surface area contributed by atoms with Crippen LogP contribution < -0.4 is 5.32 Å². The van der Waals surface area contributed by atoms with Gasteiger partial charge in [-0.1, -0.05) is 66.7 Å². The largest absolute Gasteiger partial charge is 0.477 e. The second kappa shape index (κ2) is 15.7. The predicted octanol–water partition coefficient (Wildman–Crippen LogP) is 5.38. The first-order valence-electron chi connectivity index (χ1n) is 12.9. The van der Waals surface area contributed by atoms with Gasteiger partial charge in [-0.2, -0.15) is 0 Å². The normalized spacial score (nSPS) is 14.1. The summed E-state index contributed by atoms with van der Waals surface area (Å²) >= 11 is 0. The Morgan fingerprint density at radius 1 is 0.923 bits per heavy atom. The molecule has 2 aromatic rings. The van der Waals surface area contributed by atoms with Crippen LogP contribution in [0.2, 0.25) is 0 Å². The molecule has 0 aromatic heterocycles. The monoisotopic (exact) mass is 541 g/mol. The number of hydrogen-bond acceptors (Lipinski definition) is 7. The number of carboxylic acids is 1. The number of aliphatic carboxylic acids is 1. The molecule has 1 amide bonds. The van der Waals surface area contributed by atoms with E-state index in [2.05, 4.69) is 5.32 Å². The fraction of sp³-hybridized carbons (Fsp3) is 0.433. The van der Waals surface area contributed by atoms with Crippen LogP contribution in [0.15, 0.2) is 72.4 Å². The van der Waals surface area contributed by atoms with Crippen molar-refractivity contribution >= 4 is 18.0 Å². The lowest BCUT2D eigenvalue weighted by Gasteiger charge is -2.31. The van der Waals surface area contributed by atoms with Gasteiger partial charge in [-0.3, -0.25) is 10.1 Å². The first-order valence-corrected chi connectivity index (χ1v) is 12.9. The van der Waals surface area contributed by atoms with E-state index >= 15 is 0 Å². The molecule has 0 spiro atoms. The second-order valence-corrected chi connectivity index (χ2v) is 10.0. The van der Waals surface area contributed by atoms with Gasteiger partial charge in [0.05, 0.1) is 19.3 Å². The number of ether oxygens (including phenoxy) is 4. The number of nitrogens with one attached hydrogen (secondary N) is 1. The zero-order valence-corrected chi connectivity index (χ0v) is 23.2. The topological polar surface area (TPSA) is 120 Å². The Kier molecular flexibility index (Phi) is 12.7. The van der Waals surface area contributed by atoms with E-state index in [1.165, 1.54) is 13.0 Å². The molecular weight excluding hydrogens is 502 g/mol. The van der Waals surface area contributed by atoms with Crippen molar-refractivity contribution in [1.82, 2.24) is 5.32 Å². The third kappa shape index (κ3) is 12.6. The van der Waals surface area contributed by atoms with Crippen molar-refractivity contribution in [3.05, 3.63) is 83.6 Å². The molecular formula is C30H39NO8. The number of carboxylic acid groups (broad SMARTS) is 1. The molecule has 2 aromatic carbocycles. The summed E-state index contributed by atoms with van der Waals surface area (Å²) in [6, 6.07) is 19.2. The molecule has 2 N–H and O–H groups in total. The number of alkyl carbamates (subject to hydrolysis) is 1. The molecule has 9 heteroatoms. The Bertz CT molecular complexity index is 1080. The molecule has 0 heterocycles. The number of carbonyl (C=O) groups is 3. The summed E-state index contributed by atoms with van der Waals surface area (Å²) in [6.45, 7) is 8.66. The summed E-state index contributed by atoms with van der Waals surface area (Å²) in [5.74, 6) is -1.75. The van der Waals surface area contributed by atoms with E-state index in [0.717, 1.165) is 11.1 Å². The van der Waals surface area contributed by atoms with Crippen LogP contribution in [-0.2, 0) is 41.8 Å². The maximum Gasteiger partial charge on any atom is 0.412 e. The molecule has 0 radical (unpaired) electrons. The zero-order chi connectivity index (χ0) is 28.8. The van der Waals surface area contributed by atoms with Gasteiger partial charge in [-0.25, -0.2) is 9.59 Å². The molecule has 0 aliphatic carbocycles. The van der Waals surface area contributed by atoms with Crippen LogP contribution in [0.25, 0.3) is 0 Å². The minimum Gasteiger partial charge on any atom is -0.477 e. The maximum atomic E-state index is 12.1. The van der Waals surface area contributed by atoms with Crippen LogP contribution in [0.3, 0.4) is 0 Å². The fourth-order valence-corrected chi connectivity index (χ4v) is 3.76. The molecule has 39 heavy (non-hydrogen) atoms. The van der Waals surface area contributed by atoms with Gasteiger partial charge in [-0.15, -0.1) is 0 Å². The molecule has 2 rings (SSSR count). The van der Waals surface area contributed by atoms with Crippen molar-refractivity contribution in [3.8, 4) is 0 Å². The Morgan fingerprint density at radius 3 is 1.95 bits per heavy atom. The number of hydrogen-bond donors (Lipinski definition) is 2. The lowest BCUT2D eigenvalue weighted by molar-refractivity contribution is -0.168. The molecule has 0 saturated heterocycles. The molecule has 212 valence electrons. The number of esters is 1. The molecule has 0 saturated carbocycles. The molecule has 0 aliphatic rings. The minimum absolute atomic E-state index is 0.231. The Labute approximate surface area is 230 Å². The summed E-state index contributed by atoms with van der Waals surface area (Å²) in [5.41, 5.74) is 0.799. The van der Waals surface area contributed by atoms with Crippen LogP contribution >= 0.6 is 0 Å². The Hall–Kier alpha value is -3.69. The van der Waals surface area contributed by atoms with Crippen LogP contribution in [0.4, 0.5) is 4.79 Å². The first-order chi connectivity index (χ1) is 18.4. The summed E-state index contributed by atoms with van der Waals surface area (Å²) < 4.78 is 23.1. The van der Waals surface area contributed by atoms with E-state index in [1.54, 1.807) is 27.7 Å². The quantitative estimate of drug-likeness (QED) is 0.242. The van der Waals surface area contributed by atoms with Crippen molar-refractivity contribution in [3.63, 3.8) is 0 Å². The highest BCUT2D eigenvalue weighted by molar-refractivity contribution is 5.90. The van der Waals surface area contributed by atoms with Crippen molar-refractivity contribution in [2.75, 3.05) is 0 Å². The fourth-order valence-electron chi connectivity index (χ4n) is 3.76. The minimum atomic E-state index is -1.30. The van der Waals surface area contributed by atoms with Gasteiger partial charge in [0.15, 0.2) is 0 Å². The summed E-state index contributed by atoms with van der Waals surface area (Å²) in [5, 5.41) is 11.9. The Morgan fingerprint density at radius 2 is 1.46 bits per heavy atom. The lowest BCUT2D eigenvalue weighted by Crippen LogP contribution is -2.42. The maximum absolute atomic E-state index is 12.1. The van der Waals surface area contributed by atoms with Gasteiger partial charge in [-0.05, 0) is 51.7 Å². The molecule has 9 nitrogen and oxygen atoms in total. The second-order valence-electron chi connectivity index (χ2n) is 10.0. The smallest absolute Gasteiger partial charge is 0.412 e. The predicted molar refractivity (Wildman–Crippen MR) is 146 cm³/mol. The van der Waals surface area contributed by atoms with E-state index in [9.17, 15) is 19.5 Å². The molecule has 3 atom stereocenters. The highest BCUT2D eigenvalue weighted by atomic mass is 16.6. The third-order valence-electron chi connectivity index (χ3n) is 5.44. The molecule has 0 fully saturated rings. The average molecular weight is 542 g/mol. The van der Waals surface area contributed by atoms with E-state index in [4.69, 9.17) is 18.9 Å². The van der Waals surface area contributed by atoms with Crippen molar-refractivity contribution in [1.29, 1.82) is 0 Å². The highest BCUT2D eigenvalue weighted by Crippen LogP contribution is 2.21. The van der Waals surface area contributed by atoms with Gasteiger partial charge in [0.25, 0.3) is 0 Å². The van der Waals surface area contributed by atoms with Crippen LogP contribution in [-0.4, -0.2) is 47.1 Å². The van der Waals surface area contributed by atoms with Gasteiger partial charge in [0, 0.05) is 6.92 Å². The van der Waals surface area contributed by atoms with Crippen molar-refractivity contribution < 1.29 is 38.4 Å². The van der Waals surface area contributed by atoms with Crippen molar-refractivity contribution in [2.24, 2.45) is 0 Å². The number of amides is 1. The third-order valence-corrected chi connectivity index (χ3v) is 5.44. The average Bonchev–Trinajstić information content (AvgIpc) is 2.86. The van der Waals surface area contributed by atoms with Crippen LogP contribution in [0.1, 0.15) is 58.6 Å². The number of rotatable bonds is 14. The number of benzene rings is 2. The molecule has 3 unspecified atom stereocenters. The van der Waals surface area contributed by atoms with Gasteiger partial charge >= 0.3 is 18.0 Å². The van der Waals surface area contributed by atoms with Crippen molar-refractivity contribution in [2.45, 2.75) is 84.6 Å². The summed E-state index contributed by atoms with van der Waals surface area (Å²) in [4.78, 5) is 35.6. The van der Waals surface area contributed by atoms with E-state index in [0.29, 0.717) is 6.42 Å². The zero-order valence-electron chi connectivity index (χ0n) is 23.2. The van der Waals surface area contributed by atoms with Gasteiger partial charge in [0.1, 0.15) is 23.5 Å². The Balaban J connectivity index is 2.24. The van der Waals surface area contributed by atoms with E-state index in [1.807, 2.05) is 60.7 Å². The van der Waals surface area contributed by atoms with Crippen LogP contribution in [0.5, 0.6) is 0 Å². The van der Waals surface area contributed by atoms with Crippen LogP contribution in [0, 0.1) is 0 Å². The standard InChI is InChI=1S/C30H39NO8/c1-21(38-22(2)32)27(37-20-24-15-10-7-11-16-24)26(36-19-23-13-8-6-9-14-23)18-12-17-25(28(33)34)31-29(35)39-30(3,4)5/h6-11,13-17,21,26-27H,12,18-20H2,1-5H3,(H,31,35)(H,33,34). The molecule has 0 bridgehead atoms. The lowest BCUT2D eigenvalue weighted by atomic mass is 10.0. The van der Waals surface area contributed by atoms with E-state index in [-0.39, 0.29) is 25.3 Å². The number of allylic oxidation sites excluding steroid dienone is 1. The van der Waals surface area contributed by atoms with E-state index < -0.39 is 41.9 Å². The van der Waals surface area contributed by atoms with Gasteiger partial charge < -0.3 is 24.1 Å². The van der Waals surface area contributed by atoms with Gasteiger partial charge in [0.2, 0.25) is 0 Å². The first kappa shape index (κ1) is 31.5.